The Morgan fingerprint density at radius 1 is 1.33 bits per heavy atom. The fourth-order valence-corrected chi connectivity index (χ4v) is 2.60. The van der Waals surface area contributed by atoms with E-state index in [1.807, 2.05) is 0 Å². The fourth-order valence-electron chi connectivity index (χ4n) is 2.60. The van der Waals surface area contributed by atoms with E-state index in [2.05, 4.69) is 0 Å². The van der Waals surface area contributed by atoms with Gasteiger partial charge in [0.25, 0.3) is 0 Å². The molecule has 0 amide bonds. The third kappa shape index (κ3) is 0.852. The van der Waals surface area contributed by atoms with E-state index in [0.29, 0.717) is 19.3 Å². The number of ketones is 1. The topological polar surface area (TPSA) is 17.1 Å². The van der Waals surface area contributed by atoms with E-state index < -0.39 is 18.8 Å². The van der Waals surface area contributed by atoms with E-state index in [1.165, 1.54) is 0 Å². The molecule has 2 aliphatic rings. The second-order valence-corrected chi connectivity index (χ2v) is 3.99. The molecule has 0 N–H and O–H groups in total. The van der Waals surface area contributed by atoms with Crippen LogP contribution in [0.3, 0.4) is 0 Å². The van der Waals surface area contributed by atoms with E-state index in [0.717, 1.165) is 0 Å². The summed E-state index contributed by atoms with van der Waals surface area (Å²) in [5.74, 6) is 0.360. The van der Waals surface area contributed by atoms with Gasteiger partial charge in [-0.2, -0.15) is 0 Å². The van der Waals surface area contributed by atoms with Crippen molar-refractivity contribution in [1.29, 1.82) is 0 Å². The van der Waals surface area contributed by atoms with Crippen molar-refractivity contribution in [3.05, 3.63) is 0 Å². The normalized spacial score (nSPS) is 37.7. The first-order valence-corrected chi connectivity index (χ1v) is 4.38. The highest BCUT2D eigenvalue weighted by Gasteiger charge is 2.65. The number of rotatable bonds is 2. The maximum atomic E-state index is 12.5. The number of fused-ring (bicyclic) bond motifs is 1. The van der Waals surface area contributed by atoms with Crippen LogP contribution in [0.25, 0.3) is 0 Å². The van der Waals surface area contributed by atoms with Gasteiger partial charge in [-0.25, -0.2) is 0 Å². The molecule has 2 fully saturated rings. The van der Waals surface area contributed by atoms with Gasteiger partial charge < -0.3 is 0 Å². The Morgan fingerprint density at radius 3 is 2.50 bits per heavy atom. The molecule has 0 spiro atoms. The zero-order valence-electron chi connectivity index (χ0n) is 6.85. The monoisotopic (exact) mass is 174 g/mol. The van der Waals surface area contributed by atoms with Gasteiger partial charge >= 0.3 is 0 Å². The van der Waals surface area contributed by atoms with E-state index >= 15 is 0 Å². The molecule has 3 heteroatoms. The molecule has 0 bridgehead atoms. The number of hydrogen-bond donors (Lipinski definition) is 0. The molecule has 0 aliphatic heterocycles. The summed E-state index contributed by atoms with van der Waals surface area (Å²) in [5, 5.41) is 0. The maximum absolute atomic E-state index is 12.5. The molecule has 2 unspecified atom stereocenters. The van der Waals surface area contributed by atoms with E-state index in [4.69, 9.17) is 0 Å². The van der Waals surface area contributed by atoms with Gasteiger partial charge in [-0.1, -0.05) is 0 Å². The van der Waals surface area contributed by atoms with E-state index in [1.54, 1.807) is 0 Å². The molecule has 2 rings (SSSR count). The van der Waals surface area contributed by atoms with E-state index in [9.17, 15) is 13.6 Å². The summed E-state index contributed by atoms with van der Waals surface area (Å²) in [6, 6.07) is 0. The van der Waals surface area contributed by atoms with Crippen molar-refractivity contribution in [2.75, 3.05) is 13.3 Å². The van der Waals surface area contributed by atoms with Crippen LogP contribution in [0.2, 0.25) is 0 Å². The van der Waals surface area contributed by atoms with Crippen LogP contribution < -0.4 is 0 Å². The Labute approximate surface area is 70.1 Å². The molecule has 68 valence electrons. The molecular formula is C9H12F2O. The van der Waals surface area contributed by atoms with Crippen LogP contribution in [0.5, 0.6) is 0 Å². The minimum atomic E-state index is -0.744. The minimum Gasteiger partial charge on any atom is -0.300 e. The van der Waals surface area contributed by atoms with Crippen molar-refractivity contribution in [2.45, 2.75) is 19.3 Å². The zero-order valence-corrected chi connectivity index (χ0v) is 6.85. The van der Waals surface area contributed by atoms with Gasteiger partial charge in [0.2, 0.25) is 0 Å². The van der Waals surface area contributed by atoms with Crippen LogP contribution in [-0.2, 0) is 4.79 Å². The predicted octanol–water partition coefficient (Wildman–Crippen LogP) is 1.91. The summed E-state index contributed by atoms with van der Waals surface area (Å²) in [4.78, 5) is 11.0. The van der Waals surface area contributed by atoms with Crippen LogP contribution in [0.1, 0.15) is 19.3 Å². The number of alkyl halides is 2. The Morgan fingerprint density at radius 2 is 2.00 bits per heavy atom. The van der Waals surface area contributed by atoms with Crippen LogP contribution in [0.15, 0.2) is 0 Å². The molecule has 1 nitrogen and oxygen atoms in total. The predicted molar refractivity (Wildman–Crippen MR) is 40.2 cm³/mol. The van der Waals surface area contributed by atoms with E-state index in [-0.39, 0.29) is 17.6 Å². The van der Waals surface area contributed by atoms with Crippen LogP contribution in [0, 0.1) is 17.3 Å². The quantitative estimate of drug-likeness (QED) is 0.625. The number of halogens is 2. The summed E-state index contributed by atoms with van der Waals surface area (Å²) >= 11 is 0. The summed E-state index contributed by atoms with van der Waals surface area (Å²) in [6.07, 6.45) is 1.65. The molecule has 0 saturated heterocycles. The lowest BCUT2D eigenvalue weighted by Gasteiger charge is -2.05. The van der Waals surface area contributed by atoms with Gasteiger partial charge in [0, 0.05) is 18.3 Å². The largest absolute Gasteiger partial charge is 0.300 e. The first-order valence-electron chi connectivity index (χ1n) is 4.38. The third-order valence-electron chi connectivity index (χ3n) is 3.53. The zero-order chi connectivity index (χ0) is 8.77. The van der Waals surface area contributed by atoms with Crippen LogP contribution in [0.4, 0.5) is 8.78 Å². The first-order chi connectivity index (χ1) is 5.74. The molecule has 2 aliphatic carbocycles. The summed E-state index contributed by atoms with van der Waals surface area (Å²) in [5.41, 5.74) is -0.744. The van der Waals surface area contributed by atoms with Crippen LogP contribution >= 0.6 is 0 Å². The van der Waals surface area contributed by atoms with Gasteiger partial charge in [0.05, 0.1) is 13.3 Å². The average Bonchev–Trinajstić information content (AvgIpc) is 2.72. The van der Waals surface area contributed by atoms with Crippen molar-refractivity contribution in [2.24, 2.45) is 17.3 Å². The highest BCUT2D eigenvalue weighted by molar-refractivity contribution is 5.80. The van der Waals surface area contributed by atoms with Crippen molar-refractivity contribution >= 4 is 5.78 Å². The average molecular weight is 174 g/mol. The highest BCUT2D eigenvalue weighted by atomic mass is 19.1. The third-order valence-corrected chi connectivity index (χ3v) is 3.53. The van der Waals surface area contributed by atoms with Gasteiger partial charge in [0.15, 0.2) is 0 Å². The lowest BCUT2D eigenvalue weighted by Crippen LogP contribution is -2.11. The number of hydrogen-bond acceptors (Lipinski definition) is 1. The number of carbonyl (C=O) groups is 1. The second-order valence-electron chi connectivity index (χ2n) is 3.99. The minimum absolute atomic E-state index is 0.0220. The van der Waals surface area contributed by atoms with Crippen molar-refractivity contribution in [1.82, 2.24) is 0 Å². The standard InChI is InChI=1S/C9H12F2O/c10-4-9(5-11)7-2-1-6(12)3-8(7)9/h7-8H,1-5H2. The molecule has 0 heterocycles. The summed E-state index contributed by atoms with van der Waals surface area (Å²) < 4.78 is 25.0. The van der Waals surface area contributed by atoms with Gasteiger partial charge in [0.1, 0.15) is 5.78 Å². The Kier molecular flexibility index (Phi) is 1.70. The molecule has 0 radical (unpaired) electrons. The first kappa shape index (κ1) is 8.14. The molecule has 0 aromatic carbocycles. The lowest BCUT2D eigenvalue weighted by molar-refractivity contribution is -0.120. The maximum Gasteiger partial charge on any atom is 0.133 e. The molecule has 0 aromatic heterocycles. The molecular weight excluding hydrogens is 162 g/mol. The number of Topliss-reactive ketones (excluding diaryl/α,β-unsaturated/α-hetero) is 1. The smallest absolute Gasteiger partial charge is 0.133 e. The SMILES string of the molecule is O=C1CCC2C(C1)C2(CF)CF. The van der Waals surface area contributed by atoms with Crippen molar-refractivity contribution < 1.29 is 13.6 Å². The van der Waals surface area contributed by atoms with Gasteiger partial charge in [-0.05, 0) is 18.3 Å². The summed E-state index contributed by atoms with van der Waals surface area (Å²) in [7, 11) is 0. The Hall–Kier alpha value is -0.470. The molecule has 0 aromatic rings. The van der Waals surface area contributed by atoms with Crippen molar-refractivity contribution in [3.63, 3.8) is 0 Å². The van der Waals surface area contributed by atoms with Crippen molar-refractivity contribution in [3.8, 4) is 0 Å². The van der Waals surface area contributed by atoms with Gasteiger partial charge in [-0.3, -0.25) is 13.6 Å². The second kappa shape index (κ2) is 2.51. The lowest BCUT2D eigenvalue weighted by atomic mass is 10.00. The number of carbonyl (C=O) groups excluding carboxylic acids is 1. The summed E-state index contributed by atoms with van der Waals surface area (Å²) in [6.45, 7) is -1.18. The molecule has 2 saturated carbocycles. The van der Waals surface area contributed by atoms with Crippen LogP contribution in [-0.4, -0.2) is 19.1 Å². The fraction of sp³-hybridized carbons (Fsp3) is 0.889. The molecule has 12 heavy (non-hydrogen) atoms. The van der Waals surface area contributed by atoms with Gasteiger partial charge in [-0.15, -0.1) is 0 Å². The Bertz CT molecular complexity index is 211. The highest BCUT2D eigenvalue weighted by Crippen LogP contribution is 2.65. The molecule has 2 atom stereocenters. The Balaban J connectivity index is 2.10.